The molecule has 1 amide bonds. The number of carbonyl (C=O) groups is 1. The molecule has 3 nitrogen and oxygen atoms in total. The predicted octanol–water partition coefficient (Wildman–Crippen LogP) is 2.56. The minimum Gasteiger partial charge on any atom is -0.452 e. The lowest BCUT2D eigenvalue weighted by Crippen LogP contribution is -2.34. The SMILES string of the molecule is CC1CC(NC(=O)c2ccoc2Cl)CS1. The molecule has 1 aromatic rings. The number of rotatable bonds is 2. The van der Waals surface area contributed by atoms with Crippen molar-refractivity contribution >= 4 is 29.3 Å². The van der Waals surface area contributed by atoms with E-state index >= 15 is 0 Å². The molecular weight excluding hydrogens is 234 g/mol. The number of carbonyl (C=O) groups excluding carboxylic acids is 1. The van der Waals surface area contributed by atoms with Crippen LogP contribution in [0.4, 0.5) is 0 Å². The third-order valence-corrected chi connectivity index (χ3v) is 4.05. The Labute approximate surface area is 97.5 Å². The molecule has 2 atom stereocenters. The van der Waals surface area contributed by atoms with E-state index in [1.807, 2.05) is 11.8 Å². The zero-order valence-corrected chi connectivity index (χ0v) is 9.90. The predicted molar refractivity (Wildman–Crippen MR) is 61.5 cm³/mol. The fourth-order valence-corrected chi connectivity index (χ4v) is 2.99. The molecule has 15 heavy (non-hydrogen) atoms. The third kappa shape index (κ3) is 2.49. The molecule has 1 saturated heterocycles. The first-order valence-corrected chi connectivity index (χ1v) is 6.25. The van der Waals surface area contributed by atoms with Gasteiger partial charge in [0.2, 0.25) is 5.22 Å². The van der Waals surface area contributed by atoms with Gasteiger partial charge in [-0.3, -0.25) is 4.79 Å². The lowest BCUT2D eigenvalue weighted by atomic mass is 10.2. The van der Waals surface area contributed by atoms with Crippen molar-refractivity contribution in [2.75, 3.05) is 5.75 Å². The summed E-state index contributed by atoms with van der Waals surface area (Å²) >= 11 is 7.59. The van der Waals surface area contributed by atoms with E-state index in [2.05, 4.69) is 12.2 Å². The highest BCUT2D eigenvalue weighted by Gasteiger charge is 2.24. The zero-order chi connectivity index (χ0) is 10.8. The van der Waals surface area contributed by atoms with E-state index in [0.29, 0.717) is 10.8 Å². The van der Waals surface area contributed by atoms with Crippen LogP contribution in [-0.4, -0.2) is 23.0 Å². The number of furan rings is 1. The highest BCUT2D eigenvalue weighted by molar-refractivity contribution is 8.00. The van der Waals surface area contributed by atoms with Crippen molar-refractivity contribution in [3.05, 3.63) is 23.1 Å². The number of nitrogens with one attached hydrogen (secondary N) is 1. The van der Waals surface area contributed by atoms with Crippen LogP contribution in [0, 0.1) is 0 Å². The summed E-state index contributed by atoms with van der Waals surface area (Å²) < 4.78 is 4.87. The van der Waals surface area contributed by atoms with Crippen LogP contribution in [0.15, 0.2) is 16.7 Å². The van der Waals surface area contributed by atoms with E-state index < -0.39 is 0 Å². The van der Waals surface area contributed by atoms with Gasteiger partial charge in [-0.15, -0.1) is 0 Å². The van der Waals surface area contributed by atoms with E-state index in [0.717, 1.165) is 12.2 Å². The lowest BCUT2D eigenvalue weighted by molar-refractivity contribution is 0.0940. The second-order valence-corrected chi connectivity index (χ2v) is 5.47. The number of amides is 1. The zero-order valence-electron chi connectivity index (χ0n) is 8.33. The molecule has 5 heteroatoms. The smallest absolute Gasteiger partial charge is 0.256 e. The Bertz CT molecular complexity index is 366. The highest BCUT2D eigenvalue weighted by Crippen LogP contribution is 2.26. The van der Waals surface area contributed by atoms with Gasteiger partial charge in [-0.1, -0.05) is 6.92 Å². The quantitative estimate of drug-likeness (QED) is 0.871. The fourth-order valence-electron chi connectivity index (χ4n) is 1.64. The molecule has 1 aliphatic rings. The van der Waals surface area contributed by atoms with Gasteiger partial charge in [0.25, 0.3) is 5.91 Å². The molecule has 0 saturated carbocycles. The Kier molecular flexibility index (Phi) is 3.26. The average Bonchev–Trinajstić information content (AvgIpc) is 2.75. The number of hydrogen-bond acceptors (Lipinski definition) is 3. The van der Waals surface area contributed by atoms with Gasteiger partial charge in [-0.25, -0.2) is 0 Å². The van der Waals surface area contributed by atoms with E-state index in [4.69, 9.17) is 16.0 Å². The molecule has 2 heterocycles. The summed E-state index contributed by atoms with van der Waals surface area (Å²) in [5.41, 5.74) is 0.418. The first-order valence-electron chi connectivity index (χ1n) is 4.82. The summed E-state index contributed by atoms with van der Waals surface area (Å²) in [7, 11) is 0. The molecule has 2 unspecified atom stereocenters. The summed E-state index contributed by atoms with van der Waals surface area (Å²) in [4.78, 5) is 11.7. The Morgan fingerprint density at radius 1 is 1.73 bits per heavy atom. The monoisotopic (exact) mass is 245 g/mol. The highest BCUT2D eigenvalue weighted by atomic mass is 35.5. The third-order valence-electron chi connectivity index (χ3n) is 2.40. The van der Waals surface area contributed by atoms with Gasteiger partial charge < -0.3 is 9.73 Å². The second kappa shape index (κ2) is 4.49. The standard InChI is InChI=1S/C10H12ClNO2S/c1-6-4-7(5-15-6)12-10(13)8-2-3-14-9(8)11/h2-3,6-7H,4-5H2,1H3,(H,12,13). The van der Waals surface area contributed by atoms with Crippen LogP contribution < -0.4 is 5.32 Å². The van der Waals surface area contributed by atoms with E-state index in [9.17, 15) is 4.79 Å². The van der Waals surface area contributed by atoms with Gasteiger partial charge >= 0.3 is 0 Å². The van der Waals surface area contributed by atoms with Crippen molar-refractivity contribution in [2.45, 2.75) is 24.6 Å². The van der Waals surface area contributed by atoms with Crippen molar-refractivity contribution in [2.24, 2.45) is 0 Å². The number of halogens is 1. The summed E-state index contributed by atoms with van der Waals surface area (Å²) in [6.07, 6.45) is 2.44. The van der Waals surface area contributed by atoms with E-state index in [1.165, 1.54) is 6.26 Å². The first-order chi connectivity index (χ1) is 7.16. The largest absolute Gasteiger partial charge is 0.452 e. The normalized spacial score (nSPS) is 25.5. The van der Waals surface area contributed by atoms with Crippen molar-refractivity contribution in [3.63, 3.8) is 0 Å². The maximum Gasteiger partial charge on any atom is 0.256 e. The van der Waals surface area contributed by atoms with Crippen LogP contribution >= 0.6 is 23.4 Å². The fraction of sp³-hybridized carbons (Fsp3) is 0.500. The van der Waals surface area contributed by atoms with Crippen molar-refractivity contribution in [1.82, 2.24) is 5.32 Å². The van der Waals surface area contributed by atoms with Crippen LogP contribution in [0.3, 0.4) is 0 Å². The van der Waals surface area contributed by atoms with E-state index in [-0.39, 0.29) is 17.2 Å². The summed E-state index contributed by atoms with van der Waals surface area (Å²) in [6, 6.07) is 1.84. The first kappa shape index (κ1) is 10.9. The molecule has 0 radical (unpaired) electrons. The molecule has 0 spiro atoms. The van der Waals surface area contributed by atoms with Crippen molar-refractivity contribution in [3.8, 4) is 0 Å². The second-order valence-electron chi connectivity index (χ2n) is 3.66. The van der Waals surface area contributed by atoms with Gasteiger partial charge in [-0.05, 0) is 24.1 Å². The van der Waals surface area contributed by atoms with E-state index in [1.54, 1.807) is 6.07 Å². The van der Waals surface area contributed by atoms with Gasteiger partial charge in [-0.2, -0.15) is 11.8 Å². The number of hydrogen-bond donors (Lipinski definition) is 1. The minimum atomic E-state index is -0.145. The van der Waals surface area contributed by atoms with Gasteiger partial charge in [0.1, 0.15) is 0 Å². The molecule has 0 aromatic carbocycles. The molecule has 82 valence electrons. The van der Waals surface area contributed by atoms with Gasteiger partial charge in [0, 0.05) is 17.0 Å². The molecule has 1 N–H and O–H groups in total. The van der Waals surface area contributed by atoms with Gasteiger partial charge in [0.05, 0.1) is 11.8 Å². The molecular formula is C10H12ClNO2S. The Morgan fingerprint density at radius 2 is 2.53 bits per heavy atom. The van der Waals surface area contributed by atoms with Crippen molar-refractivity contribution in [1.29, 1.82) is 0 Å². The van der Waals surface area contributed by atoms with Crippen LogP contribution in [0.25, 0.3) is 0 Å². The molecule has 1 fully saturated rings. The van der Waals surface area contributed by atoms with Crippen LogP contribution in [0.5, 0.6) is 0 Å². The number of thioether (sulfide) groups is 1. The lowest BCUT2D eigenvalue weighted by Gasteiger charge is -2.10. The topological polar surface area (TPSA) is 42.2 Å². The Balaban J connectivity index is 1.96. The average molecular weight is 246 g/mol. The Hall–Kier alpha value is -0.610. The summed E-state index contributed by atoms with van der Waals surface area (Å²) in [5.74, 6) is 0.830. The maximum absolute atomic E-state index is 11.7. The van der Waals surface area contributed by atoms with Crippen LogP contribution in [-0.2, 0) is 0 Å². The summed E-state index contributed by atoms with van der Waals surface area (Å²) in [6.45, 7) is 2.17. The summed E-state index contributed by atoms with van der Waals surface area (Å²) in [5, 5.41) is 3.73. The molecule has 1 aromatic heterocycles. The van der Waals surface area contributed by atoms with Crippen molar-refractivity contribution < 1.29 is 9.21 Å². The Morgan fingerprint density at radius 3 is 3.07 bits per heavy atom. The minimum absolute atomic E-state index is 0.145. The molecule has 1 aliphatic heterocycles. The van der Waals surface area contributed by atoms with Gasteiger partial charge in [0.15, 0.2) is 0 Å². The van der Waals surface area contributed by atoms with Crippen LogP contribution in [0.2, 0.25) is 5.22 Å². The van der Waals surface area contributed by atoms with Crippen LogP contribution in [0.1, 0.15) is 23.7 Å². The maximum atomic E-state index is 11.7. The molecule has 0 aliphatic carbocycles. The molecule has 0 bridgehead atoms. The molecule has 2 rings (SSSR count).